The number of esters is 2. The number of amides is 1. The number of ether oxygens (including phenoxy) is 2. The molecule has 0 heterocycles. The Morgan fingerprint density at radius 1 is 1.11 bits per heavy atom. The van der Waals surface area contributed by atoms with Crippen LogP contribution >= 0.6 is 0 Å². The van der Waals surface area contributed by atoms with Gasteiger partial charge >= 0.3 is 11.9 Å². The van der Waals surface area contributed by atoms with Gasteiger partial charge < -0.3 is 19.9 Å². The highest BCUT2D eigenvalue weighted by Gasteiger charge is 2.36. The van der Waals surface area contributed by atoms with E-state index in [1.165, 1.54) is 13.8 Å². The Hall–Kier alpha value is -1.63. The van der Waals surface area contributed by atoms with Crippen molar-refractivity contribution in [1.29, 1.82) is 0 Å². The maximum Gasteiger partial charge on any atom is 0.340 e. The summed E-state index contributed by atoms with van der Waals surface area (Å²) in [6.07, 6.45) is 0. The molecule has 19 heavy (non-hydrogen) atoms. The summed E-state index contributed by atoms with van der Waals surface area (Å²) in [6, 6.07) is -1.52. The molecule has 0 bridgehead atoms. The molecule has 0 atom stereocenters. The van der Waals surface area contributed by atoms with Crippen molar-refractivity contribution in [3.63, 3.8) is 0 Å². The molecule has 7 nitrogen and oxygen atoms in total. The summed E-state index contributed by atoms with van der Waals surface area (Å²) in [4.78, 5) is 35.1. The van der Waals surface area contributed by atoms with Crippen LogP contribution in [0.25, 0.3) is 0 Å². The fourth-order valence-electron chi connectivity index (χ4n) is 1.06. The summed E-state index contributed by atoms with van der Waals surface area (Å²) in [5.41, 5.74) is -1.11. The van der Waals surface area contributed by atoms with Crippen molar-refractivity contribution in [1.82, 2.24) is 5.32 Å². The molecule has 0 aliphatic heterocycles. The third kappa shape index (κ3) is 5.25. The van der Waals surface area contributed by atoms with Crippen molar-refractivity contribution >= 4 is 17.8 Å². The lowest BCUT2D eigenvalue weighted by molar-refractivity contribution is -0.160. The second-order valence-electron chi connectivity index (χ2n) is 4.45. The Bertz CT molecular complexity index is 321. The molecule has 0 rings (SSSR count). The molecule has 0 spiro atoms. The molecule has 0 aromatic carbocycles. The Morgan fingerprint density at radius 3 is 1.84 bits per heavy atom. The first-order valence-electron chi connectivity index (χ1n) is 6.05. The van der Waals surface area contributed by atoms with Gasteiger partial charge in [-0.2, -0.15) is 0 Å². The van der Waals surface area contributed by atoms with Crippen LogP contribution in [-0.2, 0) is 23.9 Å². The molecule has 0 saturated heterocycles. The van der Waals surface area contributed by atoms with Crippen LogP contribution in [0.3, 0.4) is 0 Å². The van der Waals surface area contributed by atoms with Gasteiger partial charge in [0.15, 0.2) is 0 Å². The van der Waals surface area contributed by atoms with E-state index in [-0.39, 0.29) is 13.2 Å². The van der Waals surface area contributed by atoms with E-state index in [4.69, 9.17) is 14.6 Å². The van der Waals surface area contributed by atoms with Crippen molar-refractivity contribution in [2.75, 3.05) is 19.8 Å². The second-order valence-corrected chi connectivity index (χ2v) is 4.45. The normalized spacial score (nSPS) is 11.1. The molecule has 110 valence electrons. The molecule has 0 saturated carbocycles. The van der Waals surface area contributed by atoms with E-state index in [9.17, 15) is 14.4 Å². The molecule has 7 heteroatoms. The molecule has 0 aliphatic rings. The molecule has 0 aromatic rings. The van der Waals surface area contributed by atoms with Crippen molar-refractivity contribution < 1.29 is 29.0 Å². The summed E-state index contributed by atoms with van der Waals surface area (Å²) >= 11 is 0. The second kappa shape index (κ2) is 7.73. The molecular weight excluding hydrogens is 254 g/mol. The zero-order valence-corrected chi connectivity index (χ0v) is 11.7. The molecule has 0 aromatic heterocycles. The molecule has 2 N–H and O–H groups in total. The summed E-state index contributed by atoms with van der Waals surface area (Å²) < 4.78 is 9.40. The average Bonchev–Trinajstić information content (AvgIpc) is 2.35. The Morgan fingerprint density at radius 2 is 1.53 bits per heavy atom. The van der Waals surface area contributed by atoms with Gasteiger partial charge in [-0.25, -0.2) is 9.59 Å². The topological polar surface area (TPSA) is 102 Å². The number of hydrogen-bond acceptors (Lipinski definition) is 6. The minimum Gasteiger partial charge on any atom is -0.464 e. The first-order chi connectivity index (χ1) is 8.80. The quantitative estimate of drug-likeness (QED) is 0.485. The zero-order valence-electron chi connectivity index (χ0n) is 11.7. The highest BCUT2D eigenvalue weighted by molar-refractivity contribution is 6.03. The minimum absolute atomic E-state index is 0.0774. The first-order valence-corrected chi connectivity index (χ1v) is 6.05. The first kappa shape index (κ1) is 17.4. The smallest absolute Gasteiger partial charge is 0.340 e. The summed E-state index contributed by atoms with van der Waals surface area (Å²) in [6.45, 7) is 5.86. The summed E-state index contributed by atoms with van der Waals surface area (Å²) in [7, 11) is 0. The van der Waals surface area contributed by atoms with Gasteiger partial charge in [0.25, 0.3) is 0 Å². The molecule has 1 amide bonds. The zero-order chi connectivity index (χ0) is 15.1. The predicted octanol–water partition coefficient (Wildman–Crippen LogP) is -0.384. The molecule has 0 aliphatic carbocycles. The van der Waals surface area contributed by atoms with Gasteiger partial charge in [-0.15, -0.1) is 0 Å². The van der Waals surface area contributed by atoms with Crippen molar-refractivity contribution in [2.24, 2.45) is 5.41 Å². The number of aliphatic hydroxyl groups excluding tert-OH is 1. The maximum absolute atomic E-state index is 11.8. The van der Waals surface area contributed by atoms with Gasteiger partial charge in [-0.3, -0.25) is 4.79 Å². The Labute approximate surface area is 112 Å². The third-order valence-corrected chi connectivity index (χ3v) is 2.33. The van der Waals surface area contributed by atoms with Crippen LogP contribution in [0.4, 0.5) is 0 Å². The van der Waals surface area contributed by atoms with Gasteiger partial charge in [-0.05, 0) is 27.7 Å². The number of aliphatic hydroxyl groups is 1. The van der Waals surface area contributed by atoms with E-state index in [0.29, 0.717) is 0 Å². The Kier molecular flexibility index (Phi) is 7.06. The van der Waals surface area contributed by atoms with Crippen LogP contribution < -0.4 is 5.32 Å². The number of carbonyl (C=O) groups is 3. The monoisotopic (exact) mass is 275 g/mol. The minimum atomic E-state index is -1.52. The third-order valence-electron chi connectivity index (χ3n) is 2.33. The van der Waals surface area contributed by atoms with E-state index >= 15 is 0 Å². The average molecular weight is 275 g/mol. The van der Waals surface area contributed by atoms with E-state index in [1.807, 2.05) is 0 Å². The lowest BCUT2D eigenvalue weighted by Gasteiger charge is -2.23. The molecule has 0 fully saturated rings. The number of carbonyl (C=O) groups excluding carboxylic acids is 3. The van der Waals surface area contributed by atoms with E-state index in [2.05, 4.69) is 5.32 Å². The van der Waals surface area contributed by atoms with Crippen LogP contribution in [0.15, 0.2) is 0 Å². The standard InChI is InChI=1S/C12H21NO6/c1-5-18-9(15)8(10(16)19-6-2)13-11(17)12(3,4)7-14/h8,14H,5-7H2,1-4H3,(H,13,17). The van der Waals surface area contributed by atoms with Crippen molar-refractivity contribution in [3.8, 4) is 0 Å². The van der Waals surface area contributed by atoms with E-state index < -0.39 is 35.9 Å². The van der Waals surface area contributed by atoms with Gasteiger partial charge in [0.1, 0.15) is 0 Å². The van der Waals surface area contributed by atoms with Crippen LogP contribution in [0.5, 0.6) is 0 Å². The highest BCUT2D eigenvalue weighted by Crippen LogP contribution is 2.14. The van der Waals surface area contributed by atoms with Crippen molar-refractivity contribution in [2.45, 2.75) is 33.7 Å². The number of rotatable bonds is 7. The summed E-state index contributed by atoms with van der Waals surface area (Å²) in [5, 5.41) is 11.3. The van der Waals surface area contributed by atoms with E-state index in [0.717, 1.165) is 0 Å². The van der Waals surface area contributed by atoms with Crippen LogP contribution in [0.1, 0.15) is 27.7 Å². The van der Waals surface area contributed by atoms with E-state index in [1.54, 1.807) is 13.8 Å². The predicted molar refractivity (Wildman–Crippen MR) is 66.1 cm³/mol. The molecular formula is C12H21NO6. The largest absolute Gasteiger partial charge is 0.464 e. The molecule has 0 unspecified atom stereocenters. The lowest BCUT2D eigenvalue weighted by atomic mass is 9.93. The van der Waals surface area contributed by atoms with Crippen LogP contribution in [0, 0.1) is 5.41 Å². The van der Waals surface area contributed by atoms with Gasteiger partial charge in [0.05, 0.1) is 25.2 Å². The van der Waals surface area contributed by atoms with Crippen LogP contribution in [-0.4, -0.2) is 48.8 Å². The lowest BCUT2D eigenvalue weighted by Crippen LogP contribution is -2.52. The highest BCUT2D eigenvalue weighted by atomic mass is 16.6. The SMILES string of the molecule is CCOC(=O)C(NC(=O)C(C)(C)CO)C(=O)OCC. The Balaban J connectivity index is 4.91. The molecule has 0 radical (unpaired) electrons. The van der Waals surface area contributed by atoms with Gasteiger partial charge in [0, 0.05) is 0 Å². The van der Waals surface area contributed by atoms with Crippen molar-refractivity contribution in [3.05, 3.63) is 0 Å². The fourth-order valence-corrected chi connectivity index (χ4v) is 1.06. The fraction of sp³-hybridized carbons (Fsp3) is 0.750. The summed E-state index contributed by atoms with van der Waals surface area (Å²) in [5.74, 6) is -2.41. The number of nitrogens with one attached hydrogen (secondary N) is 1. The maximum atomic E-state index is 11.8. The van der Waals surface area contributed by atoms with Gasteiger partial charge in [0.2, 0.25) is 11.9 Å². The van der Waals surface area contributed by atoms with Gasteiger partial charge in [-0.1, -0.05) is 0 Å². The van der Waals surface area contributed by atoms with Crippen LogP contribution in [0.2, 0.25) is 0 Å². The number of hydrogen-bond donors (Lipinski definition) is 2.